The van der Waals surface area contributed by atoms with Gasteiger partial charge in [0.15, 0.2) is 0 Å². The molecule has 2 nitrogen and oxygen atoms in total. The van der Waals surface area contributed by atoms with Crippen molar-refractivity contribution < 1.29 is 0 Å². The van der Waals surface area contributed by atoms with Gasteiger partial charge < -0.3 is 9.88 Å². The van der Waals surface area contributed by atoms with E-state index in [1.807, 2.05) is 25.2 Å². The van der Waals surface area contributed by atoms with E-state index in [1.54, 1.807) is 0 Å². The molecule has 19 heavy (non-hydrogen) atoms. The van der Waals surface area contributed by atoms with Crippen LogP contribution in [0.15, 0.2) is 36.7 Å². The molecule has 1 aromatic heterocycles. The third-order valence-electron chi connectivity index (χ3n) is 3.33. The highest BCUT2D eigenvalue weighted by Gasteiger charge is 2.10. The third-order valence-corrected chi connectivity index (χ3v) is 4.04. The predicted octanol–water partition coefficient (Wildman–Crippen LogP) is 4.51. The number of halogens is 2. The van der Waals surface area contributed by atoms with Crippen LogP contribution in [0.1, 0.15) is 30.5 Å². The van der Waals surface area contributed by atoms with E-state index in [9.17, 15) is 0 Å². The molecule has 0 radical (unpaired) electrons. The topological polar surface area (TPSA) is 17.0 Å². The molecule has 0 fully saturated rings. The van der Waals surface area contributed by atoms with Crippen LogP contribution in [0.5, 0.6) is 0 Å². The average molecular weight is 297 g/mol. The maximum Gasteiger partial charge on any atom is 0.0499 e. The van der Waals surface area contributed by atoms with Crippen LogP contribution in [0.25, 0.3) is 0 Å². The molecule has 0 saturated heterocycles. The van der Waals surface area contributed by atoms with Gasteiger partial charge in [-0.2, -0.15) is 0 Å². The summed E-state index contributed by atoms with van der Waals surface area (Å²) in [5.41, 5.74) is 2.25. The maximum atomic E-state index is 6.19. The van der Waals surface area contributed by atoms with E-state index < -0.39 is 0 Å². The lowest BCUT2D eigenvalue weighted by molar-refractivity contribution is 0.575. The van der Waals surface area contributed by atoms with Crippen molar-refractivity contribution in [3.63, 3.8) is 0 Å². The number of rotatable bonds is 5. The first-order chi connectivity index (χ1) is 9.15. The van der Waals surface area contributed by atoms with Gasteiger partial charge in [0.2, 0.25) is 0 Å². The summed E-state index contributed by atoms with van der Waals surface area (Å²) in [6.45, 7) is 2.86. The first-order valence-corrected chi connectivity index (χ1v) is 7.17. The summed E-state index contributed by atoms with van der Waals surface area (Å²) < 4.78 is 2.11. The summed E-state index contributed by atoms with van der Waals surface area (Å²) in [5.74, 6) is 0. The zero-order valence-electron chi connectivity index (χ0n) is 11.2. The fraction of sp³-hybridized carbons (Fsp3) is 0.333. The van der Waals surface area contributed by atoms with Gasteiger partial charge in [-0.1, -0.05) is 36.2 Å². The molecule has 0 saturated carbocycles. The lowest BCUT2D eigenvalue weighted by Crippen LogP contribution is -2.14. The minimum absolute atomic E-state index is 0.392. The van der Waals surface area contributed by atoms with Crippen LogP contribution in [0.3, 0.4) is 0 Å². The van der Waals surface area contributed by atoms with Gasteiger partial charge in [-0.15, -0.1) is 0 Å². The molecular weight excluding hydrogens is 279 g/mol. The van der Waals surface area contributed by atoms with Crippen molar-refractivity contribution in [2.45, 2.75) is 25.9 Å². The number of hydrogen-bond acceptors (Lipinski definition) is 1. The molecule has 1 heterocycles. The van der Waals surface area contributed by atoms with Gasteiger partial charge in [-0.25, -0.2) is 0 Å². The Morgan fingerprint density at radius 3 is 2.47 bits per heavy atom. The largest absolute Gasteiger partial charge is 0.349 e. The third kappa shape index (κ3) is 3.33. The van der Waals surface area contributed by atoms with Gasteiger partial charge in [0.05, 0.1) is 0 Å². The lowest BCUT2D eigenvalue weighted by atomic mass is 10.1. The molecule has 1 aromatic carbocycles. The summed E-state index contributed by atoms with van der Waals surface area (Å²) >= 11 is 12.4. The Bertz CT molecular complexity index is 525. The van der Waals surface area contributed by atoms with Crippen LogP contribution in [-0.4, -0.2) is 11.6 Å². The summed E-state index contributed by atoms with van der Waals surface area (Å²) in [6, 6.07) is 8.13. The fourth-order valence-corrected chi connectivity index (χ4v) is 2.75. The van der Waals surface area contributed by atoms with E-state index in [2.05, 4.69) is 35.3 Å². The molecule has 4 heteroatoms. The van der Waals surface area contributed by atoms with Crippen molar-refractivity contribution in [2.75, 3.05) is 7.05 Å². The van der Waals surface area contributed by atoms with Crippen molar-refractivity contribution in [1.82, 2.24) is 9.88 Å². The van der Waals surface area contributed by atoms with E-state index in [0.717, 1.165) is 12.0 Å². The van der Waals surface area contributed by atoms with E-state index in [0.29, 0.717) is 22.6 Å². The normalized spacial score (nSPS) is 12.6. The first-order valence-electron chi connectivity index (χ1n) is 6.41. The summed E-state index contributed by atoms with van der Waals surface area (Å²) in [7, 11) is 1.98. The molecule has 102 valence electrons. The molecular formula is C15H18Cl2N2. The van der Waals surface area contributed by atoms with Gasteiger partial charge in [-0.05, 0) is 37.2 Å². The van der Waals surface area contributed by atoms with Crippen LogP contribution in [0.2, 0.25) is 10.0 Å². The average Bonchev–Trinajstić information content (AvgIpc) is 2.84. The molecule has 1 N–H and O–H groups in total. The van der Waals surface area contributed by atoms with Crippen molar-refractivity contribution >= 4 is 23.2 Å². The zero-order valence-corrected chi connectivity index (χ0v) is 12.7. The molecule has 1 unspecified atom stereocenters. The summed E-state index contributed by atoms with van der Waals surface area (Å²) in [6.07, 6.45) is 5.27. The number of hydrogen-bond donors (Lipinski definition) is 1. The Labute approximate surface area is 124 Å². The van der Waals surface area contributed by atoms with Crippen LogP contribution < -0.4 is 5.32 Å². The van der Waals surface area contributed by atoms with Crippen molar-refractivity contribution in [3.05, 3.63) is 57.8 Å². The quantitative estimate of drug-likeness (QED) is 0.859. The van der Waals surface area contributed by atoms with Crippen LogP contribution in [0.4, 0.5) is 0 Å². The van der Waals surface area contributed by atoms with E-state index in [-0.39, 0.29) is 0 Å². The van der Waals surface area contributed by atoms with Gasteiger partial charge >= 0.3 is 0 Å². The zero-order chi connectivity index (χ0) is 13.8. The number of nitrogens with zero attached hydrogens (tertiary/aromatic N) is 1. The van der Waals surface area contributed by atoms with E-state index >= 15 is 0 Å². The van der Waals surface area contributed by atoms with Gasteiger partial charge in [-0.3, -0.25) is 0 Å². The second-order valence-corrected chi connectivity index (χ2v) is 5.38. The summed E-state index contributed by atoms with van der Waals surface area (Å²) in [5, 5.41) is 4.73. The van der Waals surface area contributed by atoms with Crippen molar-refractivity contribution in [1.29, 1.82) is 0 Å². The number of aromatic nitrogens is 1. The van der Waals surface area contributed by atoms with Crippen molar-refractivity contribution in [3.8, 4) is 0 Å². The van der Waals surface area contributed by atoms with Crippen molar-refractivity contribution in [2.24, 2.45) is 0 Å². The fourth-order valence-electron chi connectivity index (χ4n) is 2.24. The van der Waals surface area contributed by atoms with E-state index in [4.69, 9.17) is 23.2 Å². The highest BCUT2D eigenvalue weighted by atomic mass is 35.5. The molecule has 0 aliphatic heterocycles. The predicted molar refractivity (Wildman–Crippen MR) is 82.1 cm³/mol. The molecule has 2 aromatic rings. The van der Waals surface area contributed by atoms with Crippen LogP contribution in [-0.2, 0) is 6.54 Å². The molecule has 2 rings (SSSR count). The Morgan fingerprint density at radius 1 is 1.21 bits per heavy atom. The monoisotopic (exact) mass is 296 g/mol. The van der Waals surface area contributed by atoms with E-state index in [1.165, 1.54) is 5.56 Å². The standard InChI is InChI=1S/C15H18Cl2N2/c1-3-15(18-2)11-7-8-19(9-11)10-12-13(16)5-4-6-14(12)17/h4-9,15,18H,3,10H2,1-2H3. The second kappa shape index (κ2) is 6.47. The minimum Gasteiger partial charge on any atom is -0.349 e. The molecule has 0 amide bonds. The number of nitrogens with one attached hydrogen (secondary N) is 1. The Balaban J connectivity index is 2.20. The molecule has 1 atom stereocenters. The molecule has 0 aliphatic carbocycles. The van der Waals surface area contributed by atoms with Gasteiger partial charge in [0.1, 0.15) is 0 Å². The molecule has 0 aliphatic rings. The first kappa shape index (κ1) is 14.4. The SMILES string of the molecule is CCC(NC)c1ccn(Cc2c(Cl)cccc2Cl)c1. The second-order valence-electron chi connectivity index (χ2n) is 4.57. The Morgan fingerprint density at radius 2 is 1.89 bits per heavy atom. The number of benzene rings is 1. The molecule has 0 bridgehead atoms. The Kier molecular flexibility index (Phi) is 4.92. The van der Waals surface area contributed by atoms with Crippen LogP contribution in [0, 0.1) is 0 Å². The Hall–Kier alpha value is -0.960. The lowest BCUT2D eigenvalue weighted by Gasteiger charge is -2.12. The smallest absolute Gasteiger partial charge is 0.0499 e. The minimum atomic E-state index is 0.392. The van der Waals surface area contributed by atoms with Gasteiger partial charge in [0, 0.05) is 40.6 Å². The molecule has 0 spiro atoms. The van der Waals surface area contributed by atoms with Gasteiger partial charge in [0.25, 0.3) is 0 Å². The van der Waals surface area contributed by atoms with Crippen LogP contribution >= 0.6 is 23.2 Å². The highest BCUT2D eigenvalue weighted by Crippen LogP contribution is 2.26. The highest BCUT2D eigenvalue weighted by molar-refractivity contribution is 6.35. The summed E-state index contributed by atoms with van der Waals surface area (Å²) in [4.78, 5) is 0. The maximum absolute atomic E-state index is 6.19.